The Labute approximate surface area is 77.1 Å². The van der Waals surface area contributed by atoms with Crippen molar-refractivity contribution in [1.29, 1.82) is 5.26 Å². The molecule has 1 atom stereocenters. The lowest BCUT2D eigenvalue weighted by molar-refractivity contribution is 0.621. The monoisotopic (exact) mass is 174 g/mol. The number of nitrogens with zero attached hydrogens (tertiary/aromatic N) is 1. The van der Waals surface area contributed by atoms with Crippen LogP contribution in [0.4, 0.5) is 4.39 Å². The summed E-state index contributed by atoms with van der Waals surface area (Å²) in [5.74, 6) is -0.749. The highest BCUT2D eigenvalue weighted by molar-refractivity contribution is 5.42. The van der Waals surface area contributed by atoms with Crippen molar-refractivity contribution in [3.8, 4) is 6.07 Å². The molecule has 1 radical (unpaired) electrons. The van der Waals surface area contributed by atoms with E-state index in [2.05, 4.69) is 13.5 Å². The molecule has 0 spiro atoms. The maximum atomic E-state index is 13.1. The molecule has 1 unspecified atom stereocenters. The van der Waals surface area contributed by atoms with Crippen LogP contribution in [0.2, 0.25) is 0 Å². The van der Waals surface area contributed by atoms with Gasteiger partial charge in [0.15, 0.2) is 0 Å². The summed E-state index contributed by atoms with van der Waals surface area (Å²) in [6.07, 6.45) is 1.58. The number of nitriles is 1. The van der Waals surface area contributed by atoms with Crippen molar-refractivity contribution in [2.24, 2.45) is 0 Å². The summed E-state index contributed by atoms with van der Waals surface area (Å²) in [5, 5.41) is 8.69. The van der Waals surface area contributed by atoms with Crippen molar-refractivity contribution in [2.45, 2.75) is 5.92 Å². The Morgan fingerprint density at radius 3 is 2.77 bits per heavy atom. The smallest absolute Gasteiger partial charge is 0.141 e. The van der Waals surface area contributed by atoms with Gasteiger partial charge in [0.2, 0.25) is 0 Å². The van der Waals surface area contributed by atoms with Gasteiger partial charge in [-0.2, -0.15) is 5.26 Å². The zero-order valence-corrected chi connectivity index (χ0v) is 7.13. The van der Waals surface area contributed by atoms with Gasteiger partial charge in [-0.15, -0.1) is 6.58 Å². The number of rotatable bonds is 2. The highest BCUT2D eigenvalue weighted by atomic mass is 19.1. The maximum absolute atomic E-state index is 13.1. The number of allylic oxidation sites excluding steroid dienone is 1. The molecular weight excluding hydrogens is 165 g/mol. The Balaban J connectivity index is 3.29. The molecule has 0 saturated carbocycles. The fourth-order valence-corrected chi connectivity index (χ4v) is 1.09. The Bertz CT molecular complexity index is 363. The minimum Gasteiger partial charge on any atom is -0.206 e. The van der Waals surface area contributed by atoms with E-state index in [0.29, 0.717) is 5.56 Å². The van der Waals surface area contributed by atoms with Crippen LogP contribution in [0.3, 0.4) is 0 Å². The molecule has 1 aromatic carbocycles. The van der Waals surface area contributed by atoms with Crippen LogP contribution in [0.5, 0.6) is 0 Å². The van der Waals surface area contributed by atoms with Crippen molar-refractivity contribution in [3.63, 3.8) is 0 Å². The third kappa shape index (κ3) is 1.75. The molecule has 0 aliphatic carbocycles. The predicted octanol–water partition coefficient (Wildman–Crippen LogP) is 2.80. The second-order valence-electron chi connectivity index (χ2n) is 2.66. The lowest BCUT2D eigenvalue weighted by atomic mass is 9.96. The van der Waals surface area contributed by atoms with E-state index in [1.165, 1.54) is 6.07 Å². The van der Waals surface area contributed by atoms with Crippen molar-refractivity contribution in [3.05, 3.63) is 54.7 Å². The third-order valence-electron chi connectivity index (χ3n) is 1.84. The lowest BCUT2D eigenvalue weighted by Gasteiger charge is -2.08. The minimum absolute atomic E-state index is 0.0578. The standard InChI is InChI=1S/C11H9FN/c1-3-8(2)9-5-4-6-11(12)10(9)7-13/h3-6,8H,1-2H2. The van der Waals surface area contributed by atoms with Crippen LogP contribution in [0.1, 0.15) is 17.0 Å². The fourth-order valence-electron chi connectivity index (χ4n) is 1.09. The molecule has 1 rings (SSSR count). The van der Waals surface area contributed by atoms with Crippen LogP contribution >= 0.6 is 0 Å². The first-order valence-corrected chi connectivity index (χ1v) is 3.85. The lowest BCUT2D eigenvalue weighted by Crippen LogP contribution is -1.96. The van der Waals surface area contributed by atoms with Gasteiger partial charge in [-0.1, -0.05) is 18.2 Å². The topological polar surface area (TPSA) is 23.8 Å². The second kappa shape index (κ2) is 3.86. The molecule has 0 fully saturated rings. The molecule has 0 saturated heterocycles. The second-order valence-corrected chi connectivity index (χ2v) is 2.66. The first-order valence-electron chi connectivity index (χ1n) is 3.85. The zero-order valence-electron chi connectivity index (χ0n) is 7.13. The summed E-state index contributed by atoms with van der Waals surface area (Å²) in [4.78, 5) is 0. The summed E-state index contributed by atoms with van der Waals surface area (Å²) in [7, 11) is 0. The molecule has 65 valence electrons. The zero-order chi connectivity index (χ0) is 9.84. The predicted molar refractivity (Wildman–Crippen MR) is 49.4 cm³/mol. The van der Waals surface area contributed by atoms with Gasteiger partial charge < -0.3 is 0 Å². The highest BCUT2D eigenvalue weighted by Crippen LogP contribution is 2.21. The van der Waals surface area contributed by atoms with E-state index >= 15 is 0 Å². The van der Waals surface area contributed by atoms with Crippen LogP contribution in [-0.4, -0.2) is 0 Å². The Morgan fingerprint density at radius 1 is 1.54 bits per heavy atom. The normalized spacial score (nSPS) is 11.8. The molecule has 1 aromatic rings. The van der Waals surface area contributed by atoms with E-state index in [1.807, 2.05) is 6.07 Å². The summed E-state index contributed by atoms with van der Waals surface area (Å²) in [5.41, 5.74) is 0.639. The Kier molecular flexibility index (Phi) is 2.81. The van der Waals surface area contributed by atoms with Gasteiger partial charge >= 0.3 is 0 Å². The molecule has 0 aliphatic rings. The van der Waals surface area contributed by atoms with Crippen LogP contribution in [-0.2, 0) is 0 Å². The fraction of sp³-hybridized carbons (Fsp3) is 0.0909. The van der Waals surface area contributed by atoms with Gasteiger partial charge in [0.25, 0.3) is 0 Å². The van der Waals surface area contributed by atoms with E-state index in [-0.39, 0.29) is 11.5 Å². The molecule has 0 aromatic heterocycles. The van der Waals surface area contributed by atoms with Crippen LogP contribution < -0.4 is 0 Å². The van der Waals surface area contributed by atoms with Crippen molar-refractivity contribution < 1.29 is 4.39 Å². The van der Waals surface area contributed by atoms with Gasteiger partial charge in [0.1, 0.15) is 11.9 Å². The third-order valence-corrected chi connectivity index (χ3v) is 1.84. The van der Waals surface area contributed by atoms with Crippen molar-refractivity contribution in [1.82, 2.24) is 0 Å². The molecule has 0 aliphatic heterocycles. The summed E-state index contributed by atoms with van der Waals surface area (Å²) < 4.78 is 13.1. The highest BCUT2D eigenvalue weighted by Gasteiger charge is 2.10. The van der Waals surface area contributed by atoms with E-state index in [9.17, 15) is 4.39 Å². The average molecular weight is 174 g/mol. The number of benzene rings is 1. The van der Waals surface area contributed by atoms with Gasteiger partial charge in [-0.05, 0) is 18.6 Å². The Hall–Kier alpha value is -1.62. The molecule has 13 heavy (non-hydrogen) atoms. The van der Waals surface area contributed by atoms with Crippen LogP contribution in [0.15, 0.2) is 30.9 Å². The SMILES string of the molecule is [CH2]C(C=C)c1cccc(F)c1C#N. The first-order chi connectivity index (χ1) is 6.20. The van der Waals surface area contributed by atoms with Crippen molar-refractivity contribution >= 4 is 0 Å². The van der Waals surface area contributed by atoms with Gasteiger partial charge in [0, 0.05) is 5.92 Å². The molecule has 0 amide bonds. The molecule has 0 bridgehead atoms. The number of hydrogen-bond donors (Lipinski definition) is 0. The summed E-state index contributed by atoms with van der Waals surface area (Å²) in [6, 6.07) is 6.32. The Morgan fingerprint density at radius 2 is 2.23 bits per heavy atom. The van der Waals surface area contributed by atoms with E-state index in [4.69, 9.17) is 5.26 Å². The first kappa shape index (κ1) is 9.47. The van der Waals surface area contributed by atoms with Gasteiger partial charge in [-0.25, -0.2) is 4.39 Å². The van der Waals surface area contributed by atoms with Crippen LogP contribution in [0, 0.1) is 24.1 Å². The molecule has 2 heteroatoms. The number of halogens is 1. The number of hydrogen-bond acceptors (Lipinski definition) is 1. The summed E-state index contributed by atoms with van der Waals surface area (Å²) in [6.45, 7) is 7.29. The van der Waals surface area contributed by atoms with Crippen molar-refractivity contribution in [2.75, 3.05) is 0 Å². The van der Waals surface area contributed by atoms with E-state index < -0.39 is 5.82 Å². The quantitative estimate of drug-likeness (QED) is 0.632. The maximum Gasteiger partial charge on any atom is 0.141 e. The largest absolute Gasteiger partial charge is 0.206 e. The minimum atomic E-state index is -0.504. The van der Waals surface area contributed by atoms with E-state index in [0.717, 1.165) is 0 Å². The summed E-state index contributed by atoms with van der Waals surface area (Å²) >= 11 is 0. The van der Waals surface area contributed by atoms with Crippen LogP contribution in [0.25, 0.3) is 0 Å². The average Bonchev–Trinajstić information content (AvgIpc) is 2.16. The molecular formula is C11H9FN. The molecule has 0 N–H and O–H groups in total. The molecule has 1 nitrogen and oxygen atoms in total. The van der Waals surface area contributed by atoms with Gasteiger partial charge in [-0.3, -0.25) is 0 Å². The van der Waals surface area contributed by atoms with E-state index in [1.54, 1.807) is 18.2 Å². The molecule has 0 heterocycles. The van der Waals surface area contributed by atoms with Gasteiger partial charge in [0.05, 0.1) is 5.56 Å².